The molecule has 9 nitrogen and oxygen atoms in total. The highest BCUT2D eigenvalue weighted by atomic mass is 127. The van der Waals surface area contributed by atoms with E-state index in [1.165, 1.54) is 0 Å². The Morgan fingerprint density at radius 3 is 2.21 bits per heavy atom. The van der Waals surface area contributed by atoms with Gasteiger partial charge >= 0.3 is 12.1 Å². The zero-order chi connectivity index (χ0) is 27.4. The molecule has 0 aromatic heterocycles. The third kappa shape index (κ3) is 9.52. The lowest BCUT2D eigenvalue weighted by molar-refractivity contribution is -0.146. The summed E-state index contributed by atoms with van der Waals surface area (Å²) < 4.78 is 35.7. The molecule has 3 atom stereocenters. The van der Waals surface area contributed by atoms with Crippen LogP contribution in [-0.2, 0) is 30.2 Å². The third-order valence-corrected chi connectivity index (χ3v) is 7.68. The zero-order valence-electron chi connectivity index (χ0n) is 21.1. The number of hydrogen-bond donors (Lipinski definition) is 1. The van der Waals surface area contributed by atoms with Crippen LogP contribution in [0.4, 0.5) is 4.79 Å². The predicted molar refractivity (Wildman–Crippen MR) is 164 cm³/mol. The third-order valence-electron chi connectivity index (χ3n) is 5.24. The van der Waals surface area contributed by atoms with E-state index in [9.17, 15) is 9.59 Å². The van der Waals surface area contributed by atoms with E-state index in [2.05, 4.69) is 73.1 Å². The van der Waals surface area contributed by atoms with Crippen molar-refractivity contribution in [1.82, 2.24) is 5.32 Å². The molecule has 12 heteroatoms. The van der Waals surface area contributed by atoms with Crippen molar-refractivity contribution in [1.29, 1.82) is 0 Å². The number of nitrogens with one attached hydrogen (secondary N) is 1. The second kappa shape index (κ2) is 13.0. The van der Waals surface area contributed by atoms with Crippen LogP contribution in [0.1, 0.15) is 26.3 Å². The van der Waals surface area contributed by atoms with Gasteiger partial charge in [0.15, 0.2) is 5.75 Å². The van der Waals surface area contributed by atoms with Gasteiger partial charge in [0.2, 0.25) is 0 Å². The minimum atomic E-state index is -0.919. The zero-order valence-corrected chi connectivity index (χ0v) is 27.5. The minimum absolute atomic E-state index is 0.0737. The first-order valence-corrected chi connectivity index (χ1v) is 15.2. The number of benzene rings is 2. The van der Waals surface area contributed by atoms with Crippen LogP contribution in [0.25, 0.3) is 0 Å². The quantitative estimate of drug-likeness (QED) is 0.181. The van der Waals surface area contributed by atoms with Gasteiger partial charge in [0.1, 0.15) is 48.6 Å². The number of halogens is 3. The fraction of sp³-hybridized carbons (Fsp3) is 0.462. The van der Waals surface area contributed by atoms with Gasteiger partial charge in [0, 0.05) is 6.42 Å². The highest BCUT2D eigenvalue weighted by Gasteiger charge is 2.30. The number of amides is 1. The van der Waals surface area contributed by atoms with Crippen molar-refractivity contribution in [3.8, 4) is 17.2 Å². The summed E-state index contributed by atoms with van der Waals surface area (Å²) in [4.78, 5) is 25.2. The number of carbonyl (C=O) groups is 2. The highest BCUT2D eigenvalue weighted by Crippen LogP contribution is 2.35. The van der Waals surface area contributed by atoms with Gasteiger partial charge < -0.3 is 33.7 Å². The molecular formula is C26H28I3NO8. The lowest BCUT2D eigenvalue weighted by Crippen LogP contribution is -2.45. The molecule has 2 unspecified atom stereocenters. The van der Waals surface area contributed by atoms with Crippen LogP contribution in [0.15, 0.2) is 30.3 Å². The van der Waals surface area contributed by atoms with Crippen molar-refractivity contribution in [2.24, 2.45) is 0 Å². The molecule has 2 aliphatic heterocycles. The second-order valence-corrected chi connectivity index (χ2v) is 13.3. The second-order valence-electron chi connectivity index (χ2n) is 9.84. The van der Waals surface area contributed by atoms with Crippen molar-refractivity contribution >= 4 is 79.8 Å². The van der Waals surface area contributed by atoms with Gasteiger partial charge in [-0.25, -0.2) is 9.59 Å². The fourth-order valence-electron chi connectivity index (χ4n) is 3.27. The van der Waals surface area contributed by atoms with Crippen LogP contribution in [-0.4, -0.2) is 62.3 Å². The van der Waals surface area contributed by atoms with E-state index < -0.39 is 23.7 Å². The Bertz CT molecular complexity index is 1150. The van der Waals surface area contributed by atoms with Crippen LogP contribution in [0.3, 0.4) is 0 Å². The monoisotopic (exact) mass is 863 g/mol. The number of esters is 1. The molecule has 2 aromatic rings. The molecule has 4 rings (SSSR count). The maximum Gasteiger partial charge on any atom is 0.408 e. The van der Waals surface area contributed by atoms with Crippen molar-refractivity contribution in [3.63, 3.8) is 0 Å². The topological polar surface area (TPSA) is 108 Å². The van der Waals surface area contributed by atoms with E-state index in [1.54, 1.807) is 20.8 Å². The molecule has 1 N–H and O–H groups in total. The molecule has 2 aromatic carbocycles. The number of rotatable bonds is 11. The van der Waals surface area contributed by atoms with Gasteiger partial charge in [-0.05, 0) is 124 Å². The summed E-state index contributed by atoms with van der Waals surface area (Å²) in [6.45, 7) is 7.30. The summed E-state index contributed by atoms with van der Waals surface area (Å²) in [5.41, 5.74) is 0.144. The molecule has 206 valence electrons. The van der Waals surface area contributed by atoms with Crippen molar-refractivity contribution in [2.45, 2.75) is 51.0 Å². The van der Waals surface area contributed by atoms with E-state index in [0.717, 1.165) is 28.6 Å². The van der Waals surface area contributed by atoms with Crippen molar-refractivity contribution in [2.75, 3.05) is 26.4 Å². The number of carbonyl (C=O) groups excluding carboxylic acids is 2. The number of epoxide rings is 2. The molecule has 2 aliphatic rings. The van der Waals surface area contributed by atoms with Gasteiger partial charge in [0.05, 0.1) is 23.9 Å². The Balaban J connectivity index is 1.44. The Labute approximate surface area is 262 Å². The lowest BCUT2D eigenvalue weighted by Gasteiger charge is -2.23. The molecule has 2 fully saturated rings. The molecule has 2 saturated heterocycles. The van der Waals surface area contributed by atoms with E-state index >= 15 is 0 Å². The molecule has 0 spiro atoms. The van der Waals surface area contributed by atoms with E-state index in [4.69, 9.17) is 28.4 Å². The number of hydrogen-bond acceptors (Lipinski definition) is 8. The van der Waals surface area contributed by atoms with Gasteiger partial charge in [-0.15, -0.1) is 0 Å². The summed E-state index contributed by atoms with van der Waals surface area (Å²) in [5.74, 6) is 1.64. The Morgan fingerprint density at radius 2 is 1.63 bits per heavy atom. The maximum absolute atomic E-state index is 12.8. The van der Waals surface area contributed by atoms with Gasteiger partial charge in [0.25, 0.3) is 0 Å². The molecular weight excluding hydrogens is 835 g/mol. The maximum atomic E-state index is 12.8. The van der Waals surface area contributed by atoms with Crippen molar-refractivity contribution < 1.29 is 38.0 Å². The van der Waals surface area contributed by atoms with Crippen LogP contribution in [0.2, 0.25) is 0 Å². The first-order chi connectivity index (χ1) is 18.0. The van der Waals surface area contributed by atoms with Crippen LogP contribution in [0, 0.1) is 10.7 Å². The Kier molecular flexibility index (Phi) is 10.2. The summed E-state index contributed by atoms with van der Waals surface area (Å²) in [6, 6.07) is 8.61. The van der Waals surface area contributed by atoms with E-state index in [-0.39, 0.29) is 25.2 Å². The van der Waals surface area contributed by atoms with E-state index in [1.807, 2.05) is 30.3 Å². The predicted octanol–water partition coefficient (Wildman–Crippen LogP) is 5.45. The summed E-state index contributed by atoms with van der Waals surface area (Å²) in [7, 11) is 0. The van der Waals surface area contributed by atoms with E-state index in [0.29, 0.717) is 24.7 Å². The average Bonchev–Trinajstić information content (AvgIpc) is 3.73. The first kappa shape index (κ1) is 29.9. The van der Waals surface area contributed by atoms with Gasteiger partial charge in [-0.3, -0.25) is 0 Å². The molecule has 1 amide bonds. The normalized spacial score (nSPS) is 18.8. The number of ether oxygens (including phenoxy) is 6. The highest BCUT2D eigenvalue weighted by molar-refractivity contribution is 14.1. The first-order valence-electron chi connectivity index (χ1n) is 11.9. The molecule has 0 bridgehead atoms. The van der Waals surface area contributed by atoms with Crippen LogP contribution in [0.5, 0.6) is 17.2 Å². The molecule has 38 heavy (non-hydrogen) atoms. The summed E-state index contributed by atoms with van der Waals surface area (Å²) in [6.07, 6.45) is -0.338. The SMILES string of the molecule is CC(C)(C)OC(=O)N[C@@H](Cc1cc(I)c(Oc2ccc(OCC3CO3)c(I)c2)c(I)c1)C(=O)OCC1CO1. The lowest BCUT2D eigenvalue weighted by atomic mass is 10.1. The molecule has 0 radical (unpaired) electrons. The van der Waals surface area contributed by atoms with Gasteiger partial charge in [-0.1, -0.05) is 0 Å². The standard InChI is InChI=1S/C26H28I3NO8/c1-26(2,3)38-25(32)30-21(24(31)36-13-17-11-34-17)8-14-6-19(28)23(20(29)7-14)37-15-4-5-22(18(27)9-15)35-12-16-10-33-16/h4-7,9,16-17,21H,8,10-13H2,1-3H3,(H,30,32)/t16?,17?,21-/m0/s1. The van der Waals surface area contributed by atoms with Crippen LogP contribution >= 0.6 is 67.8 Å². The number of alkyl carbamates (subject to hydrolysis) is 1. The summed E-state index contributed by atoms with van der Waals surface area (Å²) >= 11 is 6.64. The largest absolute Gasteiger partial charge is 0.490 e. The minimum Gasteiger partial charge on any atom is -0.490 e. The summed E-state index contributed by atoms with van der Waals surface area (Å²) in [5, 5.41) is 2.66. The fourth-order valence-corrected chi connectivity index (χ4v) is 6.03. The van der Waals surface area contributed by atoms with Crippen molar-refractivity contribution in [3.05, 3.63) is 46.6 Å². The van der Waals surface area contributed by atoms with Crippen LogP contribution < -0.4 is 14.8 Å². The Hall–Kier alpha value is -1.11. The van der Waals surface area contributed by atoms with Gasteiger partial charge in [-0.2, -0.15) is 0 Å². The Morgan fingerprint density at radius 1 is 1.00 bits per heavy atom. The smallest absolute Gasteiger partial charge is 0.408 e. The average molecular weight is 863 g/mol. The molecule has 0 saturated carbocycles. The molecule has 0 aliphatic carbocycles. The molecule has 2 heterocycles.